The summed E-state index contributed by atoms with van der Waals surface area (Å²) >= 11 is 0. The second kappa shape index (κ2) is 6.02. The van der Waals surface area contributed by atoms with Crippen molar-refractivity contribution in [2.45, 2.75) is 25.8 Å². The molecule has 0 bridgehead atoms. The van der Waals surface area contributed by atoms with Crippen molar-refractivity contribution in [3.8, 4) is 0 Å². The van der Waals surface area contributed by atoms with E-state index < -0.39 is 10.0 Å². The van der Waals surface area contributed by atoms with Gasteiger partial charge in [-0.25, -0.2) is 13.1 Å². The van der Waals surface area contributed by atoms with E-state index in [0.717, 1.165) is 0 Å². The third-order valence-electron chi connectivity index (χ3n) is 2.82. The summed E-state index contributed by atoms with van der Waals surface area (Å²) in [4.78, 5) is 0. The van der Waals surface area contributed by atoms with E-state index in [9.17, 15) is 8.42 Å². The molecule has 0 aliphatic carbocycles. The zero-order valence-corrected chi connectivity index (χ0v) is 12.0. The smallest absolute Gasteiger partial charge is 0.216 e. The molecular weight excluding hydrogens is 278 g/mol. The Balaban J connectivity index is 1.99. The first kappa shape index (κ1) is 14.5. The highest BCUT2D eigenvalue weighted by molar-refractivity contribution is 7.88. The van der Waals surface area contributed by atoms with Gasteiger partial charge in [0, 0.05) is 12.2 Å². The average molecular weight is 295 g/mol. The molecule has 0 saturated heterocycles. The van der Waals surface area contributed by atoms with Gasteiger partial charge in [-0.3, -0.25) is 0 Å². The third-order valence-corrected chi connectivity index (χ3v) is 4.12. The summed E-state index contributed by atoms with van der Waals surface area (Å²) in [6.45, 7) is 2.77. The monoisotopic (exact) mass is 295 g/mol. The van der Waals surface area contributed by atoms with Gasteiger partial charge < -0.3 is 10.3 Å². The summed E-state index contributed by atoms with van der Waals surface area (Å²) in [5, 5.41) is 7.63. The van der Waals surface area contributed by atoms with Crippen LogP contribution >= 0.6 is 0 Å². The van der Waals surface area contributed by atoms with Gasteiger partial charge >= 0.3 is 0 Å². The van der Waals surface area contributed by atoms with Crippen molar-refractivity contribution in [2.75, 3.05) is 5.73 Å². The van der Waals surface area contributed by atoms with E-state index in [1.807, 2.05) is 6.92 Å². The highest BCUT2D eigenvalue weighted by atomic mass is 32.2. The zero-order valence-electron chi connectivity index (χ0n) is 11.2. The highest BCUT2D eigenvalue weighted by Gasteiger charge is 2.13. The van der Waals surface area contributed by atoms with Crippen molar-refractivity contribution in [1.29, 1.82) is 0 Å². The van der Waals surface area contributed by atoms with E-state index in [1.165, 1.54) is 0 Å². The van der Waals surface area contributed by atoms with Gasteiger partial charge in [0.1, 0.15) is 12.2 Å². The van der Waals surface area contributed by atoms with Gasteiger partial charge in [-0.05, 0) is 24.6 Å². The molecule has 108 valence electrons. The minimum absolute atomic E-state index is 0.0897. The number of benzene rings is 1. The lowest BCUT2D eigenvalue weighted by Crippen LogP contribution is -2.26. The molecule has 20 heavy (non-hydrogen) atoms. The van der Waals surface area contributed by atoms with Crippen LogP contribution in [0.4, 0.5) is 5.69 Å². The minimum Gasteiger partial charge on any atom is -0.399 e. The Morgan fingerprint density at radius 3 is 2.65 bits per heavy atom. The van der Waals surface area contributed by atoms with Crippen molar-refractivity contribution >= 4 is 15.7 Å². The molecular formula is C12H17N5O2S. The van der Waals surface area contributed by atoms with Gasteiger partial charge in [-0.1, -0.05) is 12.1 Å². The molecule has 3 N–H and O–H groups in total. The fraction of sp³-hybridized carbons (Fsp3) is 0.333. The standard InChI is InChI=1S/C12H17N5O2S/c1-2-17-9-14-16-12(17)7-15-20(18,19)8-10-3-5-11(13)6-4-10/h3-6,9,15H,2,7-8,13H2,1H3. The predicted octanol–water partition coefficient (Wildman–Crippen LogP) is 0.500. The van der Waals surface area contributed by atoms with Crippen LogP contribution in [0.2, 0.25) is 0 Å². The molecule has 0 aliphatic rings. The van der Waals surface area contributed by atoms with Gasteiger partial charge in [0.05, 0.1) is 12.3 Å². The van der Waals surface area contributed by atoms with Gasteiger partial charge in [-0.15, -0.1) is 10.2 Å². The molecule has 0 aliphatic heterocycles. The first-order valence-corrected chi connectivity index (χ1v) is 7.84. The molecule has 1 aromatic carbocycles. The number of hydrogen-bond acceptors (Lipinski definition) is 5. The molecule has 1 aromatic heterocycles. The van der Waals surface area contributed by atoms with Crippen LogP contribution in [-0.4, -0.2) is 23.2 Å². The second-order valence-electron chi connectivity index (χ2n) is 4.35. The van der Waals surface area contributed by atoms with Crippen molar-refractivity contribution in [1.82, 2.24) is 19.5 Å². The second-order valence-corrected chi connectivity index (χ2v) is 6.16. The summed E-state index contributed by atoms with van der Waals surface area (Å²) in [6, 6.07) is 6.75. The number of hydrogen-bond donors (Lipinski definition) is 2. The SMILES string of the molecule is CCn1cnnc1CNS(=O)(=O)Cc1ccc(N)cc1. The maximum atomic E-state index is 12.0. The molecule has 1 heterocycles. The predicted molar refractivity (Wildman–Crippen MR) is 76.0 cm³/mol. The number of nitrogens with zero attached hydrogens (tertiary/aromatic N) is 3. The molecule has 0 saturated carbocycles. The molecule has 7 nitrogen and oxygen atoms in total. The average Bonchev–Trinajstić information content (AvgIpc) is 2.86. The quantitative estimate of drug-likeness (QED) is 0.755. The topological polar surface area (TPSA) is 103 Å². The Kier molecular flexibility index (Phi) is 4.35. The van der Waals surface area contributed by atoms with Crippen LogP contribution in [0.1, 0.15) is 18.3 Å². The Hall–Kier alpha value is -1.93. The van der Waals surface area contributed by atoms with E-state index in [2.05, 4.69) is 14.9 Å². The minimum atomic E-state index is -3.42. The van der Waals surface area contributed by atoms with Crippen molar-refractivity contribution in [2.24, 2.45) is 0 Å². The Morgan fingerprint density at radius 1 is 1.30 bits per heavy atom. The molecule has 0 fully saturated rings. The van der Waals surface area contributed by atoms with Crippen LogP contribution in [0.25, 0.3) is 0 Å². The van der Waals surface area contributed by atoms with E-state index >= 15 is 0 Å². The fourth-order valence-corrected chi connectivity index (χ4v) is 2.82. The summed E-state index contributed by atoms with van der Waals surface area (Å²) in [5.41, 5.74) is 6.85. The molecule has 0 amide bonds. The molecule has 0 radical (unpaired) electrons. The highest BCUT2D eigenvalue weighted by Crippen LogP contribution is 2.09. The first-order valence-electron chi connectivity index (χ1n) is 6.18. The van der Waals surface area contributed by atoms with Crippen LogP contribution in [0.15, 0.2) is 30.6 Å². The van der Waals surface area contributed by atoms with Gasteiger partial charge in [-0.2, -0.15) is 0 Å². The van der Waals surface area contributed by atoms with Crippen LogP contribution < -0.4 is 10.5 Å². The van der Waals surface area contributed by atoms with E-state index in [-0.39, 0.29) is 12.3 Å². The first-order chi connectivity index (χ1) is 9.50. The lowest BCUT2D eigenvalue weighted by Gasteiger charge is -2.07. The lowest BCUT2D eigenvalue weighted by atomic mass is 10.2. The van der Waals surface area contributed by atoms with Crippen molar-refractivity contribution < 1.29 is 8.42 Å². The summed E-state index contributed by atoms with van der Waals surface area (Å²) in [7, 11) is -3.42. The molecule has 2 aromatic rings. The summed E-state index contributed by atoms with van der Waals surface area (Å²) in [5.74, 6) is 0.501. The third kappa shape index (κ3) is 3.78. The fourth-order valence-electron chi connectivity index (χ4n) is 1.74. The number of anilines is 1. The number of rotatable bonds is 6. The number of aromatic nitrogens is 3. The van der Waals surface area contributed by atoms with E-state index in [0.29, 0.717) is 23.6 Å². The van der Waals surface area contributed by atoms with Crippen LogP contribution in [0.5, 0.6) is 0 Å². The van der Waals surface area contributed by atoms with E-state index in [4.69, 9.17) is 5.73 Å². The maximum absolute atomic E-state index is 12.0. The van der Waals surface area contributed by atoms with Gasteiger partial charge in [0.15, 0.2) is 0 Å². The van der Waals surface area contributed by atoms with E-state index in [1.54, 1.807) is 35.2 Å². The number of nitrogens with one attached hydrogen (secondary N) is 1. The Labute approximate surface area is 117 Å². The number of nitrogens with two attached hydrogens (primary N) is 1. The van der Waals surface area contributed by atoms with Crippen LogP contribution in [0.3, 0.4) is 0 Å². The zero-order chi connectivity index (χ0) is 14.6. The molecule has 2 rings (SSSR count). The Bertz CT molecular complexity index is 663. The number of nitrogen functional groups attached to an aromatic ring is 1. The number of sulfonamides is 1. The van der Waals surface area contributed by atoms with Gasteiger partial charge in [0.25, 0.3) is 0 Å². The normalized spacial score (nSPS) is 11.7. The molecule has 0 unspecified atom stereocenters. The van der Waals surface area contributed by atoms with Crippen LogP contribution in [-0.2, 0) is 28.9 Å². The summed E-state index contributed by atoms with van der Waals surface area (Å²) in [6.07, 6.45) is 1.57. The van der Waals surface area contributed by atoms with Gasteiger partial charge in [0.2, 0.25) is 10.0 Å². The van der Waals surface area contributed by atoms with Crippen molar-refractivity contribution in [3.63, 3.8) is 0 Å². The Morgan fingerprint density at radius 2 is 2.00 bits per heavy atom. The maximum Gasteiger partial charge on any atom is 0.216 e. The molecule has 8 heteroatoms. The molecule has 0 atom stereocenters. The summed E-state index contributed by atoms with van der Waals surface area (Å²) < 4.78 is 28.3. The number of aryl methyl sites for hydroxylation is 1. The largest absolute Gasteiger partial charge is 0.399 e. The molecule has 0 spiro atoms. The lowest BCUT2D eigenvalue weighted by molar-refractivity contribution is 0.574. The van der Waals surface area contributed by atoms with Crippen molar-refractivity contribution in [3.05, 3.63) is 42.0 Å². The van der Waals surface area contributed by atoms with Crippen LogP contribution in [0, 0.1) is 0 Å².